The fraction of sp³-hybridized carbons (Fsp3) is 0.478. The molecule has 1 amide bonds. The largest absolute Gasteiger partial charge is 0.438 e. The maximum atomic E-state index is 13.7. The van der Waals surface area contributed by atoms with Gasteiger partial charge in [0.25, 0.3) is 5.56 Å². The van der Waals surface area contributed by atoms with Crippen molar-refractivity contribution in [2.45, 2.75) is 64.6 Å². The molecule has 0 unspecified atom stereocenters. The maximum Gasteiger partial charge on any atom is 0.408 e. The first-order valence-electron chi connectivity index (χ1n) is 10.7. The maximum absolute atomic E-state index is 13.7. The SMILES string of the molecule is CC[C@H](OC(=O)NC(C)(C)C)c1nc2cccc(-c3cnn(C)c3)c2c(=O)n1C1CC1. The highest BCUT2D eigenvalue weighted by Crippen LogP contribution is 2.37. The second kappa shape index (κ2) is 7.83. The average Bonchev–Trinajstić information content (AvgIpc) is 3.43. The van der Waals surface area contributed by atoms with Crippen LogP contribution in [-0.4, -0.2) is 31.0 Å². The molecule has 1 atom stereocenters. The number of carbonyl (C=O) groups excluding carboxylic acids is 1. The number of alkyl carbamates (subject to hydrolysis) is 1. The molecule has 2 heterocycles. The number of aromatic nitrogens is 4. The molecule has 164 valence electrons. The van der Waals surface area contributed by atoms with Crippen LogP contribution in [0.3, 0.4) is 0 Å². The van der Waals surface area contributed by atoms with Crippen LogP contribution < -0.4 is 10.9 Å². The van der Waals surface area contributed by atoms with E-state index in [0.29, 0.717) is 23.1 Å². The van der Waals surface area contributed by atoms with E-state index in [-0.39, 0.29) is 11.6 Å². The van der Waals surface area contributed by atoms with E-state index in [1.54, 1.807) is 15.4 Å². The molecule has 0 aliphatic heterocycles. The van der Waals surface area contributed by atoms with Gasteiger partial charge in [0.15, 0.2) is 11.9 Å². The van der Waals surface area contributed by atoms with Crippen LogP contribution >= 0.6 is 0 Å². The molecule has 1 fully saturated rings. The molecule has 1 aliphatic carbocycles. The van der Waals surface area contributed by atoms with E-state index in [0.717, 1.165) is 24.0 Å². The summed E-state index contributed by atoms with van der Waals surface area (Å²) in [6, 6.07) is 5.73. The molecule has 4 rings (SSSR count). The number of benzene rings is 1. The average molecular weight is 424 g/mol. The van der Waals surface area contributed by atoms with E-state index in [1.165, 1.54) is 0 Å². The quantitative estimate of drug-likeness (QED) is 0.667. The minimum atomic E-state index is -0.609. The first-order valence-corrected chi connectivity index (χ1v) is 10.7. The normalized spacial score (nSPS) is 15.1. The third-order valence-corrected chi connectivity index (χ3v) is 5.27. The Morgan fingerprint density at radius 3 is 2.65 bits per heavy atom. The molecule has 8 heteroatoms. The number of hydrogen-bond acceptors (Lipinski definition) is 5. The standard InChI is InChI=1S/C23H29N5O3/c1-6-18(31-22(30)26-23(2,3)4)20-25-17-9-7-8-16(14-12-24-27(5)13-14)19(17)21(29)28(20)15-10-11-15/h7-9,12-13,15,18H,6,10-11H2,1-5H3,(H,26,30)/t18-/m0/s1. The lowest BCUT2D eigenvalue weighted by molar-refractivity contribution is 0.0815. The monoisotopic (exact) mass is 423 g/mol. The lowest BCUT2D eigenvalue weighted by Gasteiger charge is -2.24. The summed E-state index contributed by atoms with van der Waals surface area (Å²) in [5.41, 5.74) is 1.76. The molecule has 31 heavy (non-hydrogen) atoms. The van der Waals surface area contributed by atoms with Crippen LogP contribution in [0.25, 0.3) is 22.0 Å². The summed E-state index contributed by atoms with van der Waals surface area (Å²) in [5, 5.41) is 7.63. The predicted molar refractivity (Wildman–Crippen MR) is 119 cm³/mol. The van der Waals surface area contributed by atoms with Gasteiger partial charge in [-0.05, 0) is 51.7 Å². The van der Waals surface area contributed by atoms with Crippen molar-refractivity contribution >= 4 is 17.0 Å². The van der Waals surface area contributed by atoms with Gasteiger partial charge >= 0.3 is 6.09 Å². The zero-order valence-electron chi connectivity index (χ0n) is 18.7. The van der Waals surface area contributed by atoms with Gasteiger partial charge < -0.3 is 10.1 Å². The van der Waals surface area contributed by atoms with Crippen LogP contribution in [-0.2, 0) is 11.8 Å². The van der Waals surface area contributed by atoms with Gasteiger partial charge in [-0.25, -0.2) is 9.78 Å². The first-order chi connectivity index (χ1) is 14.7. The molecule has 2 aromatic heterocycles. The number of hydrogen-bond donors (Lipinski definition) is 1. The molecule has 1 aromatic carbocycles. The third-order valence-electron chi connectivity index (χ3n) is 5.27. The Balaban J connectivity index is 1.84. The highest BCUT2D eigenvalue weighted by Gasteiger charge is 2.33. The van der Waals surface area contributed by atoms with Gasteiger partial charge in [0, 0.05) is 30.4 Å². The lowest BCUT2D eigenvalue weighted by atomic mass is 10.0. The molecular formula is C23H29N5O3. The number of rotatable bonds is 5. The number of nitrogens with zero attached hydrogens (tertiary/aromatic N) is 4. The molecule has 0 spiro atoms. The number of fused-ring (bicyclic) bond motifs is 1. The zero-order chi connectivity index (χ0) is 22.3. The number of carbonyl (C=O) groups is 1. The minimum absolute atomic E-state index is 0.0877. The van der Waals surface area contributed by atoms with Crippen LogP contribution in [0.4, 0.5) is 4.79 Å². The van der Waals surface area contributed by atoms with Crippen molar-refractivity contribution in [1.82, 2.24) is 24.6 Å². The number of amides is 1. The Labute approximate surface area is 181 Å². The Morgan fingerprint density at radius 2 is 2.06 bits per heavy atom. The summed E-state index contributed by atoms with van der Waals surface area (Å²) >= 11 is 0. The summed E-state index contributed by atoms with van der Waals surface area (Å²) in [6.45, 7) is 7.60. The molecule has 0 saturated heterocycles. The van der Waals surface area contributed by atoms with E-state index in [2.05, 4.69) is 10.4 Å². The second-order valence-corrected chi connectivity index (χ2v) is 9.16. The van der Waals surface area contributed by atoms with Crippen molar-refractivity contribution in [3.05, 3.63) is 46.8 Å². The Bertz CT molecular complexity index is 1180. The Kier molecular flexibility index (Phi) is 5.33. The van der Waals surface area contributed by atoms with Gasteiger partial charge in [-0.15, -0.1) is 0 Å². The topological polar surface area (TPSA) is 91.0 Å². The van der Waals surface area contributed by atoms with Gasteiger partial charge in [0.1, 0.15) is 0 Å². The van der Waals surface area contributed by atoms with E-state index >= 15 is 0 Å². The third kappa shape index (κ3) is 4.33. The van der Waals surface area contributed by atoms with Crippen molar-refractivity contribution in [1.29, 1.82) is 0 Å². The summed E-state index contributed by atoms with van der Waals surface area (Å²) in [7, 11) is 1.85. The molecular weight excluding hydrogens is 394 g/mol. The molecule has 1 aliphatic rings. The van der Waals surface area contributed by atoms with E-state index < -0.39 is 17.7 Å². The number of nitrogens with one attached hydrogen (secondary N) is 1. The van der Waals surface area contributed by atoms with Crippen molar-refractivity contribution in [2.24, 2.45) is 7.05 Å². The Hall–Kier alpha value is -3.16. The molecule has 1 N–H and O–H groups in total. The zero-order valence-corrected chi connectivity index (χ0v) is 18.7. The van der Waals surface area contributed by atoms with Crippen LogP contribution in [0, 0.1) is 0 Å². The molecule has 0 radical (unpaired) electrons. The van der Waals surface area contributed by atoms with Crippen molar-refractivity contribution in [3.63, 3.8) is 0 Å². The lowest BCUT2D eigenvalue weighted by Crippen LogP contribution is -2.41. The fourth-order valence-electron chi connectivity index (χ4n) is 3.76. The van der Waals surface area contributed by atoms with E-state index in [1.807, 2.05) is 59.1 Å². The van der Waals surface area contributed by atoms with Gasteiger partial charge in [0.2, 0.25) is 0 Å². The summed E-state index contributed by atoms with van der Waals surface area (Å²) in [4.78, 5) is 31.0. The predicted octanol–water partition coefficient (Wildman–Crippen LogP) is 4.11. The Morgan fingerprint density at radius 1 is 1.32 bits per heavy atom. The first kappa shape index (κ1) is 21.1. The molecule has 0 bridgehead atoms. The number of aryl methyl sites for hydroxylation is 1. The summed E-state index contributed by atoms with van der Waals surface area (Å²) < 4.78 is 9.17. The molecule has 3 aromatic rings. The smallest absolute Gasteiger partial charge is 0.408 e. The fourth-order valence-corrected chi connectivity index (χ4v) is 3.76. The highest BCUT2D eigenvalue weighted by molar-refractivity contribution is 5.93. The van der Waals surface area contributed by atoms with Crippen molar-refractivity contribution < 1.29 is 9.53 Å². The number of ether oxygens (including phenoxy) is 1. The summed E-state index contributed by atoms with van der Waals surface area (Å²) in [5.74, 6) is 0.509. The van der Waals surface area contributed by atoms with Crippen LogP contribution in [0.2, 0.25) is 0 Å². The van der Waals surface area contributed by atoms with Crippen molar-refractivity contribution in [2.75, 3.05) is 0 Å². The highest BCUT2D eigenvalue weighted by atomic mass is 16.6. The van der Waals surface area contributed by atoms with Crippen LogP contribution in [0.15, 0.2) is 35.4 Å². The minimum Gasteiger partial charge on any atom is -0.438 e. The van der Waals surface area contributed by atoms with E-state index in [9.17, 15) is 9.59 Å². The van der Waals surface area contributed by atoms with Crippen LogP contribution in [0.5, 0.6) is 0 Å². The second-order valence-electron chi connectivity index (χ2n) is 9.16. The van der Waals surface area contributed by atoms with Gasteiger partial charge in [0.05, 0.1) is 17.1 Å². The van der Waals surface area contributed by atoms with Crippen LogP contribution in [0.1, 0.15) is 64.9 Å². The van der Waals surface area contributed by atoms with Gasteiger partial charge in [-0.2, -0.15) is 5.10 Å². The van der Waals surface area contributed by atoms with Crippen molar-refractivity contribution in [3.8, 4) is 11.1 Å². The molecule has 1 saturated carbocycles. The van der Waals surface area contributed by atoms with E-state index in [4.69, 9.17) is 9.72 Å². The van der Waals surface area contributed by atoms with Gasteiger partial charge in [-0.3, -0.25) is 14.0 Å². The molecule has 8 nitrogen and oxygen atoms in total. The van der Waals surface area contributed by atoms with Gasteiger partial charge in [-0.1, -0.05) is 19.1 Å². The summed E-state index contributed by atoms with van der Waals surface area (Å²) in [6.07, 6.45) is 4.86.